The van der Waals surface area contributed by atoms with Crippen molar-refractivity contribution in [1.29, 1.82) is 0 Å². The van der Waals surface area contributed by atoms with E-state index in [2.05, 4.69) is 33.0 Å². The van der Waals surface area contributed by atoms with Crippen LogP contribution in [0.1, 0.15) is 40.5 Å². The summed E-state index contributed by atoms with van der Waals surface area (Å²) in [6.07, 6.45) is 2.45. The van der Waals surface area contributed by atoms with Gasteiger partial charge in [-0.05, 0) is 27.2 Å². The van der Waals surface area contributed by atoms with Crippen LogP contribution in [-0.2, 0) is 4.79 Å². The van der Waals surface area contributed by atoms with Crippen molar-refractivity contribution < 1.29 is 9.28 Å². The standard InChI is InChI=1S/C12H22N2O/c1-5-6-7-14-8-10(12(14,3)4)13-11(15)9(14)2/h9-10H,5-8H2,1-4H3/p+1. The monoisotopic (exact) mass is 211 g/mol. The molecule has 0 aromatic rings. The first-order valence-corrected chi connectivity index (χ1v) is 6.13. The highest BCUT2D eigenvalue weighted by Gasteiger charge is 2.68. The van der Waals surface area contributed by atoms with Crippen molar-refractivity contribution in [3.05, 3.63) is 0 Å². The number of hydrogen-bond acceptors (Lipinski definition) is 1. The summed E-state index contributed by atoms with van der Waals surface area (Å²) < 4.78 is 1.01. The van der Waals surface area contributed by atoms with Crippen LogP contribution in [0, 0.1) is 0 Å². The summed E-state index contributed by atoms with van der Waals surface area (Å²) in [7, 11) is 0. The van der Waals surface area contributed by atoms with Gasteiger partial charge in [0.2, 0.25) is 0 Å². The summed E-state index contributed by atoms with van der Waals surface area (Å²) in [5.74, 6) is 0.252. The Labute approximate surface area is 92.4 Å². The zero-order valence-corrected chi connectivity index (χ0v) is 10.3. The molecule has 3 unspecified atom stereocenters. The molecule has 15 heavy (non-hydrogen) atoms. The van der Waals surface area contributed by atoms with Crippen LogP contribution >= 0.6 is 0 Å². The second-order valence-corrected chi connectivity index (χ2v) is 5.68. The van der Waals surface area contributed by atoms with E-state index in [0.717, 1.165) is 17.6 Å². The van der Waals surface area contributed by atoms with Crippen LogP contribution in [0.4, 0.5) is 0 Å². The van der Waals surface area contributed by atoms with Gasteiger partial charge in [0.05, 0.1) is 6.54 Å². The van der Waals surface area contributed by atoms with Gasteiger partial charge in [0.25, 0.3) is 5.91 Å². The number of nitrogens with zero attached hydrogens (tertiary/aromatic N) is 1. The number of hydrogen-bond donors (Lipinski definition) is 1. The van der Waals surface area contributed by atoms with E-state index in [-0.39, 0.29) is 17.5 Å². The van der Waals surface area contributed by atoms with Crippen molar-refractivity contribution in [3.63, 3.8) is 0 Å². The van der Waals surface area contributed by atoms with Crippen molar-refractivity contribution in [1.82, 2.24) is 5.32 Å². The van der Waals surface area contributed by atoms with E-state index < -0.39 is 0 Å². The van der Waals surface area contributed by atoms with Gasteiger partial charge in [-0.1, -0.05) is 13.3 Å². The lowest BCUT2D eigenvalue weighted by Gasteiger charge is -2.68. The first-order valence-electron chi connectivity index (χ1n) is 6.13. The summed E-state index contributed by atoms with van der Waals surface area (Å²) >= 11 is 0. The fourth-order valence-corrected chi connectivity index (χ4v) is 3.39. The van der Waals surface area contributed by atoms with E-state index in [1.807, 2.05) is 0 Å². The van der Waals surface area contributed by atoms with Crippen LogP contribution in [0.3, 0.4) is 0 Å². The van der Waals surface area contributed by atoms with E-state index in [0.29, 0.717) is 6.04 Å². The zero-order chi connectivity index (χ0) is 11.3. The largest absolute Gasteiger partial charge is 0.337 e. The molecule has 86 valence electrons. The predicted molar refractivity (Wildman–Crippen MR) is 60.4 cm³/mol. The molecule has 3 saturated heterocycles. The van der Waals surface area contributed by atoms with Crippen LogP contribution in [0.2, 0.25) is 0 Å². The molecule has 3 nitrogen and oxygen atoms in total. The molecule has 0 aromatic heterocycles. The van der Waals surface area contributed by atoms with Gasteiger partial charge in [-0.25, -0.2) is 0 Å². The molecule has 2 bridgehead atoms. The van der Waals surface area contributed by atoms with Gasteiger partial charge >= 0.3 is 0 Å². The molecule has 0 saturated carbocycles. The van der Waals surface area contributed by atoms with E-state index in [1.165, 1.54) is 12.8 Å². The highest BCUT2D eigenvalue weighted by atomic mass is 16.2. The van der Waals surface area contributed by atoms with Crippen LogP contribution in [0.15, 0.2) is 0 Å². The Bertz CT molecular complexity index is 287. The van der Waals surface area contributed by atoms with E-state index >= 15 is 0 Å². The molecule has 3 fully saturated rings. The lowest BCUT2D eigenvalue weighted by atomic mass is 9.73. The normalized spacial score (nSPS) is 42.0. The topological polar surface area (TPSA) is 29.1 Å². The van der Waals surface area contributed by atoms with Crippen molar-refractivity contribution in [3.8, 4) is 0 Å². The molecule has 3 heterocycles. The lowest BCUT2D eigenvalue weighted by molar-refractivity contribution is -1.03. The molecular formula is C12H23N2O+. The van der Waals surface area contributed by atoms with Gasteiger partial charge in [-0.2, -0.15) is 0 Å². The number of unbranched alkanes of at least 4 members (excludes halogenated alkanes) is 1. The molecule has 1 N–H and O–H groups in total. The van der Waals surface area contributed by atoms with Gasteiger partial charge in [-0.15, -0.1) is 0 Å². The minimum absolute atomic E-state index is 0.136. The Balaban J connectivity index is 2.22. The average molecular weight is 211 g/mol. The molecule has 3 rings (SSSR count). The molecule has 3 heteroatoms. The highest BCUT2D eigenvalue weighted by Crippen LogP contribution is 2.45. The highest BCUT2D eigenvalue weighted by molar-refractivity contribution is 5.82. The maximum absolute atomic E-state index is 11.8. The number of amides is 1. The second-order valence-electron chi connectivity index (χ2n) is 5.68. The van der Waals surface area contributed by atoms with Gasteiger partial charge in [0, 0.05) is 0 Å². The summed E-state index contributed by atoms with van der Waals surface area (Å²) in [4.78, 5) is 11.8. The Hall–Kier alpha value is -0.570. The Morgan fingerprint density at radius 1 is 1.53 bits per heavy atom. The molecule has 1 amide bonds. The fourth-order valence-electron chi connectivity index (χ4n) is 3.39. The molecule has 0 aromatic carbocycles. The Morgan fingerprint density at radius 2 is 2.20 bits per heavy atom. The number of fused-ring (bicyclic) bond motifs is 2. The number of nitrogens with one attached hydrogen (secondary N) is 1. The number of piperazine rings is 2. The summed E-state index contributed by atoms with van der Waals surface area (Å²) in [6.45, 7) is 11.2. The van der Waals surface area contributed by atoms with Gasteiger partial charge < -0.3 is 9.80 Å². The first kappa shape index (κ1) is 10.9. The van der Waals surface area contributed by atoms with Crippen LogP contribution in [-0.4, -0.2) is 41.1 Å². The SMILES string of the molecule is CCCC[N+]12CC(NC(=O)C1C)C2(C)C. The van der Waals surface area contributed by atoms with Gasteiger partial charge in [0.1, 0.15) is 18.1 Å². The molecule has 3 aliphatic heterocycles. The third kappa shape index (κ3) is 1.19. The summed E-state index contributed by atoms with van der Waals surface area (Å²) in [5, 5.41) is 3.13. The lowest BCUT2D eigenvalue weighted by Crippen LogP contribution is -2.91. The smallest absolute Gasteiger partial charge is 0.278 e. The summed E-state index contributed by atoms with van der Waals surface area (Å²) in [5.41, 5.74) is 0.239. The summed E-state index contributed by atoms with van der Waals surface area (Å²) in [6, 6.07) is 0.537. The molecule has 0 radical (unpaired) electrons. The van der Waals surface area contributed by atoms with Gasteiger partial charge in [-0.3, -0.25) is 4.79 Å². The van der Waals surface area contributed by atoms with Crippen LogP contribution < -0.4 is 5.32 Å². The van der Waals surface area contributed by atoms with Crippen LogP contribution in [0.5, 0.6) is 0 Å². The van der Waals surface area contributed by atoms with Crippen molar-refractivity contribution in [2.24, 2.45) is 0 Å². The number of rotatable bonds is 3. The molecule has 0 aliphatic carbocycles. The minimum atomic E-state index is 0.136. The molecular weight excluding hydrogens is 188 g/mol. The maximum Gasteiger partial charge on any atom is 0.278 e. The quantitative estimate of drug-likeness (QED) is 0.700. The molecule has 3 aliphatic rings. The van der Waals surface area contributed by atoms with E-state index in [4.69, 9.17) is 0 Å². The number of quaternary nitrogens is 1. The Kier molecular flexibility index (Phi) is 2.34. The third-order valence-corrected chi connectivity index (χ3v) is 4.86. The fraction of sp³-hybridized carbons (Fsp3) is 0.917. The van der Waals surface area contributed by atoms with Crippen molar-refractivity contribution >= 4 is 5.91 Å². The number of carbonyl (C=O) groups excluding carboxylic acids is 1. The minimum Gasteiger partial charge on any atom is -0.337 e. The van der Waals surface area contributed by atoms with Crippen molar-refractivity contribution in [2.45, 2.75) is 58.2 Å². The maximum atomic E-state index is 11.8. The third-order valence-electron chi connectivity index (χ3n) is 4.86. The zero-order valence-electron chi connectivity index (χ0n) is 10.3. The predicted octanol–water partition coefficient (Wildman–Crippen LogP) is 1.28. The first-order chi connectivity index (χ1) is 6.95. The average Bonchev–Trinajstić information content (AvgIpc) is 2.19. The molecule has 0 spiro atoms. The number of carbonyl (C=O) groups is 1. The van der Waals surface area contributed by atoms with Gasteiger partial charge in [0.15, 0.2) is 6.04 Å². The van der Waals surface area contributed by atoms with E-state index in [9.17, 15) is 4.79 Å². The van der Waals surface area contributed by atoms with Crippen molar-refractivity contribution in [2.75, 3.05) is 13.1 Å². The Morgan fingerprint density at radius 3 is 2.73 bits per heavy atom. The second kappa shape index (κ2) is 3.21. The van der Waals surface area contributed by atoms with Crippen LogP contribution in [0.25, 0.3) is 0 Å². The molecule has 3 atom stereocenters. The van der Waals surface area contributed by atoms with E-state index in [1.54, 1.807) is 0 Å².